The molecule has 3 heteroatoms. The number of benzene rings is 10. The maximum absolute atomic E-state index is 2.48. The van der Waals surface area contributed by atoms with Gasteiger partial charge in [-0.3, -0.25) is 0 Å². The summed E-state index contributed by atoms with van der Waals surface area (Å²) in [5.74, 6) is 0. The predicted octanol–water partition coefficient (Wildman–Crippen LogP) is 17.0. The van der Waals surface area contributed by atoms with Crippen molar-refractivity contribution < 1.29 is 0 Å². The average molecular weight is 844 g/mol. The molecule has 0 unspecified atom stereocenters. The van der Waals surface area contributed by atoms with Crippen LogP contribution in [0.15, 0.2) is 237 Å². The van der Waals surface area contributed by atoms with Crippen LogP contribution in [-0.4, -0.2) is 9.13 Å². The molecule has 2 heterocycles. The van der Waals surface area contributed by atoms with E-state index in [1.54, 1.807) is 0 Å². The number of hydrogen-bond donors (Lipinski definition) is 0. The van der Waals surface area contributed by atoms with Crippen LogP contribution in [0.25, 0.3) is 88.4 Å². The van der Waals surface area contributed by atoms with Crippen LogP contribution < -0.4 is 4.90 Å². The second kappa shape index (κ2) is 14.8. The molecule has 1 aliphatic rings. The average Bonchev–Trinajstić information content (AvgIpc) is 3.97. The van der Waals surface area contributed by atoms with Gasteiger partial charge in [0.15, 0.2) is 0 Å². The highest BCUT2D eigenvalue weighted by molar-refractivity contribution is 6.13. The fourth-order valence-electron chi connectivity index (χ4n) is 10.9. The molecule has 3 nitrogen and oxygen atoms in total. The Morgan fingerprint density at radius 3 is 1.36 bits per heavy atom. The first-order valence-corrected chi connectivity index (χ1v) is 22.9. The van der Waals surface area contributed by atoms with E-state index >= 15 is 0 Å². The molecule has 0 amide bonds. The molecule has 0 atom stereocenters. The maximum atomic E-state index is 2.48. The number of aromatic nitrogens is 2. The lowest BCUT2D eigenvalue weighted by Gasteiger charge is -2.25. The minimum absolute atomic E-state index is 0.105. The van der Waals surface area contributed by atoms with Gasteiger partial charge >= 0.3 is 0 Å². The van der Waals surface area contributed by atoms with Gasteiger partial charge in [0.25, 0.3) is 0 Å². The Morgan fingerprint density at radius 1 is 0.303 bits per heavy atom. The van der Waals surface area contributed by atoms with Gasteiger partial charge in [-0.2, -0.15) is 0 Å². The number of para-hydroxylation sites is 4. The second-order valence-electron chi connectivity index (χ2n) is 18.2. The molecule has 13 rings (SSSR count). The minimum atomic E-state index is -0.105. The molecule has 312 valence electrons. The van der Waals surface area contributed by atoms with Crippen molar-refractivity contribution in [1.29, 1.82) is 0 Å². The summed E-state index contributed by atoms with van der Waals surface area (Å²) in [7, 11) is 0. The number of nitrogens with zero attached hydrogens (tertiary/aromatic N) is 3. The molecule has 12 aromatic rings. The van der Waals surface area contributed by atoms with Gasteiger partial charge in [0.1, 0.15) is 0 Å². The lowest BCUT2D eigenvalue weighted by molar-refractivity contribution is 0.660. The summed E-state index contributed by atoms with van der Waals surface area (Å²) in [6.07, 6.45) is 0. The van der Waals surface area contributed by atoms with Crippen LogP contribution in [0.5, 0.6) is 0 Å². The highest BCUT2D eigenvalue weighted by Gasteiger charge is 2.35. The lowest BCUT2D eigenvalue weighted by atomic mass is 9.82. The molecular weight excluding hydrogens is 799 g/mol. The number of hydrogen-bond acceptors (Lipinski definition) is 1. The molecule has 0 N–H and O–H groups in total. The standard InChI is InChI=1S/C63H45N3/c1-63(2)57-24-14-12-22-51(57)52-34-33-50(41-58(52)63)66-61-35-28-43(42-26-31-49(32-27-42)64(46-16-6-3-7-17-46)47-18-8-4-9-19-47)38-55(61)56-40-45(30-37-62(56)66)44-29-36-60-54(39-44)53-23-13-15-25-59(53)65(60)48-20-10-5-11-21-48/h3-41H,1-2H3. The van der Waals surface area contributed by atoms with Crippen molar-refractivity contribution in [3.05, 3.63) is 248 Å². The molecule has 10 aromatic carbocycles. The molecule has 0 fully saturated rings. The predicted molar refractivity (Wildman–Crippen MR) is 278 cm³/mol. The van der Waals surface area contributed by atoms with Crippen molar-refractivity contribution in [1.82, 2.24) is 9.13 Å². The Hall–Kier alpha value is -8.40. The Bertz CT molecular complexity index is 3780. The Morgan fingerprint density at radius 2 is 0.742 bits per heavy atom. The van der Waals surface area contributed by atoms with Crippen LogP contribution in [0.1, 0.15) is 25.0 Å². The van der Waals surface area contributed by atoms with Crippen LogP contribution in [0.3, 0.4) is 0 Å². The zero-order valence-electron chi connectivity index (χ0n) is 36.9. The summed E-state index contributed by atoms with van der Waals surface area (Å²) in [5.41, 5.74) is 20.6. The zero-order valence-corrected chi connectivity index (χ0v) is 36.9. The summed E-state index contributed by atoms with van der Waals surface area (Å²) in [6.45, 7) is 4.73. The van der Waals surface area contributed by atoms with E-state index < -0.39 is 0 Å². The van der Waals surface area contributed by atoms with Crippen molar-refractivity contribution in [2.75, 3.05) is 4.90 Å². The molecule has 2 aromatic heterocycles. The van der Waals surface area contributed by atoms with Crippen LogP contribution >= 0.6 is 0 Å². The smallest absolute Gasteiger partial charge is 0.0541 e. The van der Waals surface area contributed by atoms with Gasteiger partial charge in [0.2, 0.25) is 0 Å². The summed E-state index contributed by atoms with van der Waals surface area (Å²) >= 11 is 0. The van der Waals surface area contributed by atoms with Crippen LogP contribution in [-0.2, 0) is 5.41 Å². The number of fused-ring (bicyclic) bond motifs is 9. The van der Waals surface area contributed by atoms with Gasteiger partial charge in [-0.1, -0.05) is 147 Å². The van der Waals surface area contributed by atoms with Crippen LogP contribution in [0.2, 0.25) is 0 Å². The third-order valence-electron chi connectivity index (χ3n) is 14.1. The van der Waals surface area contributed by atoms with E-state index in [-0.39, 0.29) is 5.41 Å². The van der Waals surface area contributed by atoms with E-state index in [9.17, 15) is 0 Å². The van der Waals surface area contributed by atoms with Gasteiger partial charge in [0, 0.05) is 55.4 Å². The van der Waals surface area contributed by atoms with E-state index in [0.717, 1.165) is 17.1 Å². The monoisotopic (exact) mass is 843 g/mol. The van der Waals surface area contributed by atoms with Crippen molar-refractivity contribution >= 4 is 60.7 Å². The summed E-state index contributed by atoms with van der Waals surface area (Å²) < 4.78 is 4.87. The summed E-state index contributed by atoms with van der Waals surface area (Å²) in [6, 6.07) is 86.8. The topological polar surface area (TPSA) is 13.1 Å². The molecule has 0 aliphatic heterocycles. The van der Waals surface area contributed by atoms with Gasteiger partial charge < -0.3 is 14.0 Å². The van der Waals surface area contributed by atoms with E-state index in [0.29, 0.717) is 0 Å². The first-order chi connectivity index (χ1) is 32.5. The largest absolute Gasteiger partial charge is 0.311 e. The minimum Gasteiger partial charge on any atom is -0.311 e. The van der Waals surface area contributed by atoms with Crippen molar-refractivity contribution in [2.45, 2.75) is 19.3 Å². The molecule has 0 bridgehead atoms. The molecular formula is C63H45N3. The summed E-state index contributed by atoms with van der Waals surface area (Å²) in [4.78, 5) is 2.31. The SMILES string of the molecule is CC1(C)c2ccccc2-c2ccc(-n3c4ccc(-c5ccc(N(c6ccccc6)c6ccccc6)cc5)cc4c4cc(-c5ccc6c(c5)c5ccccc5n6-c5ccccc5)ccc43)cc21. The molecule has 0 saturated carbocycles. The first-order valence-electron chi connectivity index (χ1n) is 22.9. The molecule has 1 aliphatic carbocycles. The quantitative estimate of drug-likeness (QED) is 0.156. The van der Waals surface area contributed by atoms with Gasteiger partial charge in [-0.05, 0) is 148 Å². The lowest BCUT2D eigenvalue weighted by Crippen LogP contribution is -2.15. The first kappa shape index (κ1) is 38.1. The molecule has 0 saturated heterocycles. The van der Waals surface area contributed by atoms with Crippen molar-refractivity contribution in [3.8, 4) is 44.8 Å². The van der Waals surface area contributed by atoms with E-state index in [2.05, 4.69) is 264 Å². The van der Waals surface area contributed by atoms with Crippen LogP contribution in [0, 0.1) is 0 Å². The van der Waals surface area contributed by atoms with E-state index in [4.69, 9.17) is 0 Å². The molecule has 0 spiro atoms. The third-order valence-corrected chi connectivity index (χ3v) is 14.1. The highest BCUT2D eigenvalue weighted by Crippen LogP contribution is 2.50. The Kier molecular flexibility index (Phi) is 8.56. The van der Waals surface area contributed by atoms with Gasteiger partial charge in [-0.15, -0.1) is 0 Å². The number of rotatable bonds is 7. The van der Waals surface area contributed by atoms with Crippen molar-refractivity contribution in [3.63, 3.8) is 0 Å². The second-order valence-corrected chi connectivity index (χ2v) is 18.2. The number of anilines is 3. The third kappa shape index (κ3) is 5.90. The molecule has 0 radical (unpaired) electrons. The summed E-state index contributed by atoms with van der Waals surface area (Å²) in [5, 5.41) is 4.97. The van der Waals surface area contributed by atoms with Crippen LogP contribution in [0.4, 0.5) is 17.1 Å². The van der Waals surface area contributed by atoms with Gasteiger partial charge in [-0.25, -0.2) is 0 Å². The fourth-order valence-corrected chi connectivity index (χ4v) is 10.9. The van der Waals surface area contributed by atoms with Gasteiger partial charge in [0.05, 0.1) is 22.1 Å². The zero-order chi connectivity index (χ0) is 43.9. The highest BCUT2D eigenvalue weighted by atomic mass is 15.1. The Balaban J connectivity index is 0.975. The normalized spacial score (nSPS) is 12.8. The van der Waals surface area contributed by atoms with E-state index in [1.807, 2.05) is 0 Å². The molecule has 66 heavy (non-hydrogen) atoms. The van der Waals surface area contributed by atoms with Crippen molar-refractivity contribution in [2.24, 2.45) is 0 Å². The van der Waals surface area contributed by atoms with E-state index in [1.165, 1.54) is 99.5 Å². The fraction of sp³-hybridized carbons (Fsp3) is 0.0476. The Labute approximate surface area is 384 Å². The maximum Gasteiger partial charge on any atom is 0.0541 e.